The van der Waals surface area contributed by atoms with Gasteiger partial charge in [-0.15, -0.1) is 0 Å². The highest BCUT2D eigenvalue weighted by atomic mass is 19.3. The van der Waals surface area contributed by atoms with Crippen molar-refractivity contribution < 1.29 is 31.9 Å². The highest BCUT2D eigenvalue weighted by molar-refractivity contribution is 6.08. The fourth-order valence-electron chi connectivity index (χ4n) is 10.6. The van der Waals surface area contributed by atoms with Crippen molar-refractivity contribution in [1.82, 2.24) is 43.7 Å². The zero-order chi connectivity index (χ0) is 45.2. The number of carbonyl (C=O) groups is 3. The third-order valence-electron chi connectivity index (χ3n) is 13.8. The Morgan fingerprint density at radius 2 is 1.80 bits per heavy atom. The van der Waals surface area contributed by atoms with Gasteiger partial charge in [0.1, 0.15) is 17.4 Å². The summed E-state index contributed by atoms with van der Waals surface area (Å²) in [5.74, 6) is -3.88. The fraction of sp³-hybridized carbons (Fsp3) is 0.568. The number of hydrogen-bond acceptors (Lipinski definition) is 10. The molecule has 2 N–H and O–H groups in total. The normalized spacial score (nSPS) is 24.0. The molecule has 5 aromatic rings. The molecule has 2 unspecified atom stereocenters. The van der Waals surface area contributed by atoms with Crippen LogP contribution in [-0.4, -0.2) is 108 Å². The first-order valence-corrected chi connectivity index (χ1v) is 22.1. The van der Waals surface area contributed by atoms with Crippen LogP contribution >= 0.6 is 0 Å². The Bertz CT molecular complexity index is 2660. The van der Waals surface area contributed by atoms with Gasteiger partial charge in [0, 0.05) is 52.0 Å². The number of benzene rings is 1. The Kier molecular flexibility index (Phi) is 11.3. The molecule has 0 spiro atoms. The summed E-state index contributed by atoms with van der Waals surface area (Å²) in [7, 11) is 3.27. The summed E-state index contributed by atoms with van der Waals surface area (Å²) in [6, 6.07) is 4.80. The van der Waals surface area contributed by atoms with E-state index < -0.39 is 60.1 Å². The van der Waals surface area contributed by atoms with Crippen molar-refractivity contribution in [2.45, 2.75) is 102 Å². The number of piperidine rings is 3. The number of aryl methyl sites for hydroxylation is 1. The van der Waals surface area contributed by atoms with Crippen LogP contribution in [0, 0.1) is 11.3 Å². The minimum Gasteiger partial charge on any atom is -0.364 e. The van der Waals surface area contributed by atoms with Gasteiger partial charge in [-0.2, -0.15) is 10.2 Å². The maximum atomic E-state index is 16.2. The van der Waals surface area contributed by atoms with E-state index >= 15 is 8.78 Å². The number of alkyl halides is 4. The molecule has 3 saturated heterocycles. The van der Waals surface area contributed by atoms with Crippen molar-refractivity contribution in [2.24, 2.45) is 18.4 Å². The maximum absolute atomic E-state index is 16.2. The SMILES string of the molecule is CN(CC1CCC(n2cc(NC(=O)c3cnn4ccc(N5CCCC(C)(C)C5)nc34)c(C(F)F)n2)CC1)C1CCN(c2cccc3c2n(C)c(=O)n3C2CCC(=O)NC2=O)CC1(F)F. The topological polar surface area (TPSA) is 160 Å². The first-order valence-electron chi connectivity index (χ1n) is 22.1. The van der Waals surface area contributed by atoms with Gasteiger partial charge >= 0.3 is 5.69 Å². The highest BCUT2D eigenvalue weighted by Crippen LogP contribution is 2.40. The van der Waals surface area contributed by atoms with Crippen molar-refractivity contribution in [1.29, 1.82) is 0 Å². The number of nitrogens with one attached hydrogen (secondary N) is 2. The molecule has 3 aliphatic heterocycles. The van der Waals surface area contributed by atoms with Crippen LogP contribution in [0.5, 0.6) is 0 Å². The average molecular weight is 891 g/mol. The number of nitrogens with zero attached hydrogens (tertiary/aromatic N) is 10. The first kappa shape index (κ1) is 43.5. The molecule has 4 aromatic heterocycles. The largest absolute Gasteiger partial charge is 0.364 e. The van der Waals surface area contributed by atoms with Gasteiger partial charge in [0.05, 0.1) is 47.2 Å². The monoisotopic (exact) mass is 890 g/mol. The van der Waals surface area contributed by atoms with E-state index in [9.17, 15) is 28.0 Å². The van der Waals surface area contributed by atoms with Crippen molar-refractivity contribution in [3.63, 3.8) is 0 Å². The van der Waals surface area contributed by atoms with Gasteiger partial charge in [0.25, 0.3) is 18.3 Å². The number of anilines is 3. The quantitative estimate of drug-likeness (QED) is 0.127. The van der Waals surface area contributed by atoms with Gasteiger partial charge < -0.3 is 15.1 Å². The van der Waals surface area contributed by atoms with Crippen LogP contribution in [-0.2, 0) is 16.6 Å². The van der Waals surface area contributed by atoms with Crippen LogP contribution in [0.1, 0.15) is 106 Å². The number of hydrogen-bond donors (Lipinski definition) is 2. The van der Waals surface area contributed by atoms with E-state index in [1.54, 1.807) is 48.3 Å². The summed E-state index contributed by atoms with van der Waals surface area (Å²) < 4.78 is 66.8. The predicted octanol–water partition coefficient (Wildman–Crippen LogP) is 5.95. The number of aromatic nitrogens is 7. The second-order valence-electron chi connectivity index (χ2n) is 18.9. The summed E-state index contributed by atoms with van der Waals surface area (Å²) in [4.78, 5) is 61.9. The van der Waals surface area contributed by atoms with Crippen molar-refractivity contribution in [3.05, 3.63) is 64.6 Å². The van der Waals surface area contributed by atoms with Crippen LogP contribution in [0.15, 0.2) is 47.7 Å². The first-order chi connectivity index (χ1) is 30.5. The third-order valence-corrected chi connectivity index (χ3v) is 13.8. The van der Waals surface area contributed by atoms with Gasteiger partial charge in [-0.25, -0.2) is 31.9 Å². The molecule has 0 radical (unpaired) electrons. The maximum Gasteiger partial charge on any atom is 0.329 e. The van der Waals surface area contributed by atoms with Gasteiger partial charge in [-0.1, -0.05) is 19.9 Å². The summed E-state index contributed by atoms with van der Waals surface area (Å²) in [5, 5.41) is 13.5. The molecule has 7 heterocycles. The molecule has 1 aliphatic carbocycles. The van der Waals surface area contributed by atoms with Gasteiger partial charge in [0.2, 0.25) is 11.8 Å². The Balaban J connectivity index is 0.827. The molecule has 16 nitrogen and oxygen atoms in total. The van der Waals surface area contributed by atoms with E-state index in [0.29, 0.717) is 61.1 Å². The highest BCUT2D eigenvalue weighted by Gasteiger charge is 2.47. The summed E-state index contributed by atoms with van der Waals surface area (Å²) in [6.45, 7) is 6.25. The van der Waals surface area contributed by atoms with Crippen molar-refractivity contribution >= 4 is 51.6 Å². The molecule has 20 heteroatoms. The molecular weight excluding hydrogens is 837 g/mol. The average Bonchev–Trinajstić information content (AvgIpc) is 3.94. The third kappa shape index (κ3) is 8.13. The number of halogens is 4. The summed E-state index contributed by atoms with van der Waals surface area (Å²) in [5.41, 5.74) is 0.851. The number of imidazole rings is 1. The summed E-state index contributed by atoms with van der Waals surface area (Å²) >= 11 is 0. The Morgan fingerprint density at radius 1 is 1.02 bits per heavy atom. The van der Waals surface area contributed by atoms with Crippen molar-refractivity contribution in [3.8, 4) is 0 Å². The lowest BCUT2D eigenvalue weighted by Crippen LogP contribution is -2.58. The molecule has 4 aliphatic rings. The minimum atomic E-state index is -3.11. The van der Waals surface area contributed by atoms with E-state index in [4.69, 9.17) is 4.98 Å². The Labute approximate surface area is 366 Å². The number of para-hydroxylation sites is 1. The van der Waals surface area contributed by atoms with Crippen molar-refractivity contribution in [2.75, 3.05) is 54.9 Å². The smallest absolute Gasteiger partial charge is 0.329 e. The molecular formula is C44H54F4N12O4. The molecule has 64 heavy (non-hydrogen) atoms. The zero-order valence-electron chi connectivity index (χ0n) is 36.4. The molecule has 1 saturated carbocycles. The second-order valence-corrected chi connectivity index (χ2v) is 18.9. The molecule has 4 fully saturated rings. The zero-order valence-corrected chi connectivity index (χ0v) is 36.4. The van der Waals surface area contributed by atoms with E-state index in [1.807, 2.05) is 6.07 Å². The lowest BCUT2D eigenvalue weighted by atomic mass is 9.84. The number of amides is 3. The van der Waals surface area contributed by atoms with Crippen LogP contribution < -0.4 is 26.1 Å². The lowest BCUT2D eigenvalue weighted by molar-refractivity contribution is -0.135. The van der Waals surface area contributed by atoms with E-state index in [2.05, 4.69) is 39.6 Å². The number of rotatable bonds is 10. The molecule has 2 atom stereocenters. The minimum absolute atomic E-state index is 0.0888. The van der Waals surface area contributed by atoms with Crippen LogP contribution in [0.4, 0.5) is 34.8 Å². The van der Waals surface area contributed by atoms with Gasteiger partial charge in [-0.05, 0) is 87.9 Å². The van der Waals surface area contributed by atoms with E-state index in [-0.39, 0.29) is 47.9 Å². The molecule has 1 aromatic carbocycles. The number of imide groups is 1. The number of fused-ring (bicyclic) bond motifs is 2. The van der Waals surface area contributed by atoms with Gasteiger partial charge in [0.15, 0.2) is 11.3 Å². The molecule has 3 amide bonds. The second kappa shape index (κ2) is 16.6. The standard InChI is InChI=1S/C44H54F4N12O4/c1-43(2)17-6-18-57(24-43)34-16-20-58-39(51-34)28(21-49-58)40(62)50-29-23-59(53-36(29)38(45)46)27-11-9-26(10-12-27)22-54(3)33-15-19-56(25-44(33,47)48)30-7-5-8-31-37(30)55(4)42(64)60(31)32-13-14-35(61)52-41(32)63/h5,7-8,16,20-21,23,26-27,32-33,38H,6,9-15,17-19,22,24-25H2,1-4H3,(H,50,62)(H,52,61,63). The Morgan fingerprint density at radius 3 is 2.52 bits per heavy atom. The molecule has 9 rings (SSSR count). The fourth-order valence-corrected chi connectivity index (χ4v) is 10.6. The molecule has 342 valence electrons. The number of carbonyl (C=O) groups excluding carboxylic acids is 3. The lowest BCUT2D eigenvalue weighted by Gasteiger charge is -2.44. The summed E-state index contributed by atoms with van der Waals surface area (Å²) in [6.07, 6.45) is 6.72. The predicted molar refractivity (Wildman–Crippen MR) is 231 cm³/mol. The van der Waals surface area contributed by atoms with Crippen LogP contribution in [0.2, 0.25) is 0 Å². The Hall–Kier alpha value is -5.79. The van der Waals surface area contributed by atoms with E-state index in [0.717, 1.165) is 31.7 Å². The molecule has 0 bridgehead atoms. The van der Waals surface area contributed by atoms with E-state index in [1.165, 1.54) is 30.7 Å². The van der Waals surface area contributed by atoms with Crippen LogP contribution in [0.25, 0.3) is 16.7 Å². The van der Waals surface area contributed by atoms with Crippen LogP contribution in [0.3, 0.4) is 0 Å². The van der Waals surface area contributed by atoms with Gasteiger partial charge in [-0.3, -0.25) is 38.4 Å².